The van der Waals surface area contributed by atoms with Crippen LogP contribution < -0.4 is 4.74 Å². The lowest BCUT2D eigenvalue weighted by Crippen LogP contribution is -2.26. The summed E-state index contributed by atoms with van der Waals surface area (Å²) < 4.78 is 11.4. The monoisotopic (exact) mass is 286 g/mol. The number of benzene rings is 2. The Labute approximate surface area is 123 Å². The van der Waals surface area contributed by atoms with Crippen LogP contribution in [-0.4, -0.2) is 30.4 Å². The number of hydrogen-bond donors (Lipinski definition) is 1. The molecule has 0 aromatic heterocycles. The van der Waals surface area contributed by atoms with E-state index in [0.29, 0.717) is 12.4 Å². The Morgan fingerprint density at radius 2 is 2.00 bits per heavy atom. The summed E-state index contributed by atoms with van der Waals surface area (Å²) in [5, 5.41) is 11.2. The van der Waals surface area contributed by atoms with E-state index in [9.17, 15) is 9.90 Å². The molecule has 1 aliphatic heterocycles. The molecule has 1 aliphatic rings. The molecule has 0 radical (unpaired) electrons. The zero-order valence-corrected chi connectivity index (χ0v) is 11.7. The summed E-state index contributed by atoms with van der Waals surface area (Å²) >= 11 is 0. The Morgan fingerprint density at radius 3 is 2.67 bits per heavy atom. The van der Waals surface area contributed by atoms with E-state index in [0.717, 1.165) is 36.6 Å². The van der Waals surface area contributed by atoms with Crippen LogP contribution in [0.3, 0.4) is 0 Å². The van der Waals surface area contributed by atoms with Crippen LogP contribution >= 0.6 is 0 Å². The van der Waals surface area contributed by atoms with Crippen LogP contribution in [0.5, 0.6) is 5.75 Å². The second-order valence-electron chi connectivity index (χ2n) is 5.30. The van der Waals surface area contributed by atoms with Crippen molar-refractivity contribution < 1.29 is 19.4 Å². The zero-order chi connectivity index (χ0) is 14.7. The number of carboxylic acid groups (broad SMARTS) is 1. The largest absolute Gasteiger partial charge is 0.490 e. The van der Waals surface area contributed by atoms with Crippen molar-refractivity contribution in [3.63, 3.8) is 0 Å². The summed E-state index contributed by atoms with van der Waals surface area (Å²) in [5.41, 5.74) is 0.199. The molecule has 2 aromatic carbocycles. The van der Waals surface area contributed by atoms with Gasteiger partial charge in [0.2, 0.25) is 0 Å². The first-order valence-electron chi connectivity index (χ1n) is 7.24. The van der Waals surface area contributed by atoms with Gasteiger partial charge in [0.25, 0.3) is 0 Å². The standard InChI is InChI=1S/C17H18O4/c18-17(19)15-9-12-5-1-2-6-13(12)10-16(15)21-11-14-7-3-4-8-20-14/h1-2,5-6,9-10,14H,3-4,7-8,11H2,(H,18,19). The fraction of sp³-hybridized carbons (Fsp3) is 0.353. The smallest absolute Gasteiger partial charge is 0.339 e. The van der Waals surface area contributed by atoms with Crippen molar-refractivity contribution in [1.29, 1.82) is 0 Å². The van der Waals surface area contributed by atoms with Gasteiger partial charge in [-0.25, -0.2) is 4.79 Å². The summed E-state index contributed by atoms with van der Waals surface area (Å²) in [6, 6.07) is 11.1. The topological polar surface area (TPSA) is 55.8 Å². The molecule has 1 heterocycles. The van der Waals surface area contributed by atoms with Crippen LogP contribution in [0.1, 0.15) is 29.6 Å². The zero-order valence-electron chi connectivity index (χ0n) is 11.7. The second kappa shape index (κ2) is 6.14. The van der Waals surface area contributed by atoms with Gasteiger partial charge < -0.3 is 14.6 Å². The van der Waals surface area contributed by atoms with Crippen molar-refractivity contribution in [3.8, 4) is 5.75 Å². The Hall–Kier alpha value is -2.07. The van der Waals surface area contributed by atoms with Crippen molar-refractivity contribution in [2.24, 2.45) is 0 Å². The van der Waals surface area contributed by atoms with Crippen molar-refractivity contribution in [1.82, 2.24) is 0 Å². The van der Waals surface area contributed by atoms with Gasteiger partial charge in [0.15, 0.2) is 0 Å². The van der Waals surface area contributed by atoms with Crippen molar-refractivity contribution in [2.75, 3.05) is 13.2 Å². The quantitative estimate of drug-likeness (QED) is 0.934. The third kappa shape index (κ3) is 3.16. The lowest BCUT2D eigenvalue weighted by Gasteiger charge is -2.23. The molecule has 4 heteroatoms. The molecule has 110 valence electrons. The summed E-state index contributed by atoms with van der Waals surface area (Å²) in [5.74, 6) is -0.560. The van der Waals surface area contributed by atoms with E-state index in [2.05, 4.69) is 0 Å². The SMILES string of the molecule is O=C(O)c1cc2ccccc2cc1OCC1CCCCO1. The van der Waals surface area contributed by atoms with Crippen LogP contribution in [0.25, 0.3) is 10.8 Å². The molecule has 0 aliphatic carbocycles. The van der Waals surface area contributed by atoms with E-state index < -0.39 is 5.97 Å². The second-order valence-corrected chi connectivity index (χ2v) is 5.30. The van der Waals surface area contributed by atoms with E-state index in [4.69, 9.17) is 9.47 Å². The third-order valence-electron chi connectivity index (χ3n) is 3.78. The average molecular weight is 286 g/mol. The van der Waals surface area contributed by atoms with E-state index >= 15 is 0 Å². The summed E-state index contributed by atoms with van der Waals surface area (Å²) in [6.07, 6.45) is 3.26. The normalized spacial score (nSPS) is 18.6. The van der Waals surface area contributed by atoms with Gasteiger partial charge in [0, 0.05) is 6.61 Å². The Bertz CT molecular complexity index is 644. The first kappa shape index (κ1) is 13.9. The van der Waals surface area contributed by atoms with Gasteiger partial charge in [-0.2, -0.15) is 0 Å². The maximum Gasteiger partial charge on any atom is 0.339 e. The molecule has 1 N–H and O–H groups in total. The highest BCUT2D eigenvalue weighted by atomic mass is 16.5. The predicted octanol–water partition coefficient (Wildman–Crippen LogP) is 3.49. The molecule has 4 nitrogen and oxygen atoms in total. The van der Waals surface area contributed by atoms with Crippen molar-refractivity contribution in [3.05, 3.63) is 42.0 Å². The van der Waals surface area contributed by atoms with Crippen LogP contribution in [0.2, 0.25) is 0 Å². The first-order chi connectivity index (χ1) is 10.2. The van der Waals surface area contributed by atoms with Crippen LogP contribution in [0.15, 0.2) is 36.4 Å². The fourth-order valence-electron chi connectivity index (χ4n) is 2.63. The average Bonchev–Trinajstić information content (AvgIpc) is 2.53. The Balaban J connectivity index is 1.84. The van der Waals surface area contributed by atoms with Gasteiger partial charge in [-0.1, -0.05) is 24.3 Å². The minimum atomic E-state index is -0.972. The molecule has 21 heavy (non-hydrogen) atoms. The van der Waals surface area contributed by atoms with Gasteiger partial charge >= 0.3 is 5.97 Å². The highest BCUT2D eigenvalue weighted by Crippen LogP contribution is 2.27. The maximum atomic E-state index is 11.4. The molecule has 3 rings (SSSR count). The van der Waals surface area contributed by atoms with E-state index in [1.807, 2.05) is 24.3 Å². The number of carbonyl (C=O) groups is 1. The predicted molar refractivity (Wildman–Crippen MR) is 80.0 cm³/mol. The Kier molecular flexibility index (Phi) is 4.06. The molecule has 1 saturated heterocycles. The summed E-state index contributed by atoms with van der Waals surface area (Å²) in [7, 11) is 0. The number of fused-ring (bicyclic) bond motifs is 1. The van der Waals surface area contributed by atoms with E-state index in [-0.39, 0.29) is 11.7 Å². The molecular weight excluding hydrogens is 268 g/mol. The molecular formula is C17H18O4. The number of aromatic carboxylic acids is 1. The van der Waals surface area contributed by atoms with E-state index in [1.54, 1.807) is 12.1 Å². The summed E-state index contributed by atoms with van der Waals surface area (Å²) in [6.45, 7) is 1.16. The molecule has 2 aromatic rings. The van der Waals surface area contributed by atoms with Gasteiger partial charge in [-0.15, -0.1) is 0 Å². The lowest BCUT2D eigenvalue weighted by atomic mass is 10.1. The van der Waals surface area contributed by atoms with Gasteiger partial charge in [-0.05, 0) is 42.2 Å². The first-order valence-corrected chi connectivity index (χ1v) is 7.24. The molecule has 0 spiro atoms. The molecule has 0 amide bonds. The van der Waals surface area contributed by atoms with E-state index in [1.165, 1.54) is 0 Å². The third-order valence-corrected chi connectivity index (χ3v) is 3.78. The van der Waals surface area contributed by atoms with Crippen LogP contribution in [0, 0.1) is 0 Å². The molecule has 1 fully saturated rings. The maximum absolute atomic E-state index is 11.4. The van der Waals surface area contributed by atoms with Gasteiger partial charge in [-0.3, -0.25) is 0 Å². The summed E-state index contributed by atoms with van der Waals surface area (Å²) in [4.78, 5) is 11.4. The Morgan fingerprint density at radius 1 is 1.24 bits per heavy atom. The highest BCUT2D eigenvalue weighted by Gasteiger charge is 2.17. The lowest BCUT2D eigenvalue weighted by molar-refractivity contribution is -0.0113. The van der Waals surface area contributed by atoms with Gasteiger partial charge in [0.05, 0.1) is 6.10 Å². The van der Waals surface area contributed by atoms with Crippen molar-refractivity contribution >= 4 is 16.7 Å². The molecule has 1 atom stereocenters. The number of ether oxygens (including phenoxy) is 2. The van der Waals surface area contributed by atoms with Crippen LogP contribution in [-0.2, 0) is 4.74 Å². The number of rotatable bonds is 4. The molecule has 0 bridgehead atoms. The minimum absolute atomic E-state index is 0.0619. The molecule has 1 unspecified atom stereocenters. The fourth-order valence-corrected chi connectivity index (χ4v) is 2.63. The highest BCUT2D eigenvalue weighted by molar-refractivity contribution is 5.97. The van der Waals surface area contributed by atoms with Crippen LogP contribution in [0.4, 0.5) is 0 Å². The number of hydrogen-bond acceptors (Lipinski definition) is 3. The number of carboxylic acids is 1. The van der Waals surface area contributed by atoms with Gasteiger partial charge in [0.1, 0.15) is 17.9 Å². The molecule has 0 saturated carbocycles. The van der Waals surface area contributed by atoms with Crippen molar-refractivity contribution in [2.45, 2.75) is 25.4 Å². The minimum Gasteiger partial charge on any atom is -0.490 e.